The van der Waals surface area contributed by atoms with Crippen LogP contribution in [0.3, 0.4) is 0 Å². The summed E-state index contributed by atoms with van der Waals surface area (Å²) in [7, 11) is 0. The zero-order chi connectivity index (χ0) is 19.8. The second-order valence-electron chi connectivity index (χ2n) is 6.50. The quantitative estimate of drug-likeness (QED) is 0.474. The molecule has 7 heteroatoms. The highest BCUT2D eigenvalue weighted by atomic mass is 19.1. The van der Waals surface area contributed by atoms with Gasteiger partial charge in [-0.25, -0.2) is 13.9 Å². The fourth-order valence-electron chi connectivity index (χ4n) is 3.20. The van der Waals surface area contributed by atoms with E-state index in [1.54, 1.807) is 36.4 Å². The molecule has 0 unspecified atom stereocenters. The highest BCUT2D eigenvalue weighted by Gasteiger charge is 2.13. The number of halogens is 2. The van der Waals surface area contributed by atoms with Gasteiger partial charge in [-0.15, -0.1) is 0 Å². The molecule has 1 aromatic heterocycles. The first-order chi connectivity index (χ1) is 13.4. The molecule has 0 atom stereocenters. The van der Waals surface area contributed by atoms with E-state index in [9.17, 15) is 13.6 Å². The molecule has 0 bridgehead atoms. The first-order valence-electron chi connectivity index (χ1n) is 8.53. The zero-order valence-electron chi connectivity index (χ0n) is 14.7. The number of fused-ring (bicyclic) bond motifs is 1. The van der Waals surface area contributed by atoms with Crippen LogP contribution in [-0.2, 0) is 6.42 Å². The minimum atomic E-state index is -0.612. The van der Waals surface area contributed by atoms with Crippen molar-refractivity contribution in [2.75, 3.05) is 11.5 Å². The van der Waals surface area contributed by atoms with E-state index < -0.39 is 17.2 Å². The number of rotatable bonds is 3. The maximum Gasteiger partial charge on any atom is 0.275 e. The molecular formula is C21H16F2N4O. The molecule has 0 aliphatic carbocycles. The van der Waals surface area contributed by atoms with Gasteiger partial charge in [-0.2, -0.15) is 5.10 Å². The zero-order valence-corrected chi connectivity index (χ0v) is 14.7. The Labute approximate surface area is 158 Å². The van der Waals surface area contributed by atoms with Gasteiger partial charge >= 0.3 is 0 Å². The summed E-state index contributed by atoms with van der Waals surface area (Å²) >= 11 is 0. The second-order valence-corrected chi connectivity index (χ2v) is 6.50. The Bertz CT molecular complexity index is 1270. The van der Waals surface area contributed by atoms with E-state index in [0.717, 1.165) is 5.56 Å². The first-order valence-corrected chi connectivity index (χ1v) is 8.53. The van der Waals surface area contributed by atoms with Gasteiger partial charge in [0.1, 0.15) is 11.6 Å². The van der Waals surface area contributed by atoms with Gasteiger partial charge in [0.05, 0.1) is 22.5 Å². The van der Waals surface area contributed by atoms with Crippen molar-refractivity contribution in [1.29, 1.82) is 0 Å². The van der Waals surface area contributed by atoms with Crippen molar-refractivity contribution in [1.82, 2.24) is 10.2 Å². The smallest absolute Gasteiger partial charge is 0.275 e. The molecule has 0 fully saturated rings. The number of hydrogen-bond acceptors (Lipinski definition) is 4. The molecule has 0 aliphatic heterocycles. The van der Waals surface area contributed by atoms with Crippen LogP contribution >= 0.6 is 0 Å². The van der Waals surface area contributed by atoms with Crippen molar-refractivity contribution in [2.45, 2.75) is 6.42 Å². The Hall–Kier alpha value is -3.74. The summed E-state index contributed by atoms with van der Waals surface area (Å²) in [4.78, 5) is 11.9. The maximum absolute atomic E-state index is 14.4. The summed E-state index contributed by atoms with van der Waals surface area (Å²) in [5.41, 5.74) is 14.0. The van der Waals surface area contributed by atoms with Crippen molar-refractivity contribution in [2.24, 2.45) is 0 Å². The van der Waals surface area contributed by atoms with Crippen LogP contribution in [0, 0.1) is 11.6 Å². The number of aromatic nitrogens is 2. The van der Waals surface area contributed by atoms with Gasteiger partial charge in [0.25, 0.3) is 5.56 Å². The lowest BCUT2D eigenvalue weighted by molar-refractivity contribution is 0.630. The second kappa shape index (κ2) is 6.77. The Balaban J connectivity index is 1.79. The largest absolute Gasteiger partial charge is 0.397 e. The number of nitrogens with zero attached hydrogens (tertiary/aromatic N) is 1. The van der Waals surface area contributed by atoms with Crippen LogP contribution in [0.1, 0.15) is 11.3 Å². The summed E-state index contributed by atoms with van der Waals surface area (Å²) in [6.45, 7) is 0. The molecule has 0 spiro atoms. The van der Waals surface area contributed by atoms with Gasteiger partial charge in [0, 0.05) is 17.4 Å². The number of anilines is 2. The Morgan fingerprint density at radius 1 is 0.929 bits per heavy atom. The summed E-state index contributed by atoms with van der Waals surface area (Å²) in [6, 6.07) is 14.0. The number of hydrogen-bond donors (Lipinski definition) is 3. The molecule has 5 nitrogen and oxygen atoms in total. The Kier molecular flexibility index (Phi) is 4.27. The van der Waals surface area contributed by atoms with Crippen LogP contribution in [0.25, 0.3) is 21.9 Å². The SMILES string of the molecule is Nc1ccc(-c2cc(Cc3n[nH]c(=O)c4c(F)cccc34)ccc2F)cc1N. The van der Waals surface area contributed by atoms with Gasteiger partial charge in [-0.05, 0) is 41.5 Å². The molecule has 28 heavy (non-hydrogen) atoms. The van der Waals surface area contributed by atoms with E-state index in [4.69, 9.17) is 11.5 Å². The molecule has 3 aromatic carbocycles. The van der Waals surface area contributed by atoms with E-state index in [1.165, 1.54) is 18.2 Å². The van der Waals surface area contributed by atoms with E-state index in [2.05, 4.69) is 10.2 Å². The van der Waals surface area contributed by atoms with Crippen molar-refractivity contribution >= 4 is 22.1 Å². The third-order valence-corrected chi connectivity index (χ3v) is 4.64. The van der Waals surface area contributed by atoms with Gasteiger partial charge in [-0.3, -0.25) is 4.79 Å². The van der Waals surface area contributed by atoms with Crippen molar-refractivity contribution in [3.63, 3.8) is 0 Å². The summed E-state index contributed by atoms with van der Waals surface area (Å²) in [5.74, 6) is -1.02. The molecule has 5 N–H and O–H groups in total. The van der Waals surface area contributed by atoms with Gasteiger partial charge < -0.3 is 11.5 Å². The van der Waals surface area contributed by atoms with Crippen molar-refractivity contribution in [3.05, 3.63) is 87.8 Å². The van der Waals surface area contributed by atoms with Gasteiger partial charge in [0.2, 0.25) is 0 Å². The van der Waals surface area contributed by atoms with Crippen LogP contribution in [0.4, 0.5) is 20.2 Å². The highest BCUT2D eigenvalue weighted by Crippen LogP contribution is 2.29. The van der Waals surface area contributed by atoms with Crippen LogP contribution in [0.2, 0.25) is 0 Å². The molecule has 0 saturated carbocycles. The predicted molar refractivity (Wildman–Crippen MR) is 106 cm³/mol. The van der Waals surface area contributed by atoms with Crippen LogP contribution in [-0.4, -0.2) is 10.2 Å². The fourth-order valence-corrected chi connectivity index (χ4v) is 3.20. The van der Waals surface area contributed by atoms with Crippen molar-refractivity contribution in [3.8, 4) is 11.1 Å². The average Bonchev–Trinajstić information content (AvgIpc) is 2.68. The van der Waals surface area contributed by atoms with Crippen molar-refractivity contribution < 1.29 is 8.78 Å². The van der Waals surface area contributed by atoms with Crippen LogP contribution in [0.15, 0.2) is 59.4 Å². The standard InChI is InChI=1S/C21H16F2N4O/c22-15-6-4-11(8-14(15)12-5-7-17(24)18(25)10-12)9-19-13-2-1-3-16(23)20(13)21(28)27-26-19/h1-8,10H,9,24-25H2,(H,27,28). The minimum Gasteiger partial charge on any atom is -0.397 e. The lowest BCUT2D eigenvalue weighted by atomic mass is 9.98. The Morgan fingerprint density at radius 3 is 2.54 bits per heavy atom. The third-order valence-electron chi connectivity index (χ3n) is 4.64. The molecule has 4 rings (SSSR count). The minimum absolute atomic E-state index is 0.0406. The van der Waals surface area contributed by atoms with E-state index in [0.29, 0.717) is 33.6 Å². The third kappa shape index (κ3) is 3.07. The van der Waals surface area contributed by atoms with Crippen LogP contribution in [0.5, 0.6) is 0 Å². The lowest BCUT2D eigenvalue weighted by Gasteiger charge is -2.10. The van der Waals surface area contributed by atoms with E-state index >= 15 is 0 Å². The number of nitrogen functional groups attached to an aromatic ring is 2. The fraction of sp³-hybridized carbons (Fsp3) is 0.0476. The summed E-state index contributed by atoms with van der Waals surface area (Å²) in [6.07, 6.45) is 0.286. The summed E-state index contributed by atoms with van der Waals surface area (Å²) < 4.78 is 28.5. The maximum atomic E-state index is 14.4. The number of benzene rings is 3. The first kappa shape index (κ1) is 17.7. The number of aromatic amines is 1. The predicted octanol–water partition coefficient (Wildman–Crippen LogP) is 3.62. The topological polar surface area (TPSA) is 97.8 Å². The molecule has 140 valence electrons. The van der Waals surface area contributed by atoms with Gasteiger partial charge in [0.15, 0.2) is 0 Å². The lowest BCUT2D eigenvalue weighted by Crippen LogP contribution is -2.12. The molecule has 0 radical (unpaired) electrons. The average molecular weight is 378 g/mol. The van der Waals surface area contributed by atoms with E-state index in [-0.39, 0.29) is 11.8 Å². The molecular weight excluding hydrogens is 362 g/mol. The molecule has 0 amide bonds. The highest BCUT2D eigenvalue weighted by molar-refractivity contribution is 5.84. The number of nitrogens with two attached hydrogens (primary N) is 2. The molecule has 0 saturated heterocycles. The van der Waals surface area contributed by atoms with Gasteiger partial charge in [-0.1, -0.05) is 24.3 Å². The monoisotopic (exact) mass is 378 g/mol. The normalized spacial score (nSPS) is 11.1. The number of nitrogens with one attached hydrogen (secondary N) is 1. The molecule has 4 aromatic rings. The Morgan fingerprint density at radius 2 is 1.75 bits per heavy atom. The van der Waals surface area contributed by atoms with E-state index in [1.807, 2.05) is 0 Å². The summed E-state index contributed by atoms with van der Waals surface area (Å²) in [5, 5.41) is 6.77. The molecule has 1 heterocycles. The number of H-pyrrole nitrogens is 1. The van der Waals surface area contributed by atoms with Crippen LogP contribution < -0.4 is 17.0 Å². The molecule has 0 aliphatic rings.